The van der Waals surface area contributed by atoms with Gasteiger partial charge in [-0.05, 0) is 30.4 Å². The van der Waals surface area contributed by atoms with Crippen molar-refractivity contribution in [2.75, 3.05) is 13.7 Å². The van der Waals surface area contributed by atoms with Crippen LogP contribution in [-0.4, -0.2) is 25.5 Å². The average Bonchev–Trinajstić information content (AvgIpc) is 2.43. The molecule has 0 bridgehead atoms. The van der Waals surface area contributed by atoms with Crippen LogP contribution in [0.5, 0.6) is 0 Å². The molecule has 4 heteroatoms. The summed E-state index contributed by atoms with van der Waals surface area (Å²) in [5.74, 6) is -0.0157. The summed E-state index contributed by atoms with van der Waals surface area (Å²) in [7, 11) is 1.40. The molecule has 1 unspecified atom stereocenters. The van der Waals surface area contributed by atoms with Gasteiger partial charge in [-0.25, -0.2) is 0 Å². The quantitative estimate of drug-likeness (QED) is 0.613. The molecule has 1 amide bonds. The van der Waals surface area contributed by atoms with Gasteiger partial charge in [-0.1, -0.05) is 30.7 Å². The first-order valence-corrected chi connectivity index (χ1v) is 7.14. The molecule has 4 nitrogen and oxygen atoms in total. The summed E-state index contributed by atoms with van der Waals surface area (Å²) < 4.78 is 4.57. The van der Waals surface area contributed by atoms with Crippen LogP contribution in [0, 0.1) is 0 Å². The third-order valence-electron chi connectivity index (χ3n) is 3.76. The number of hydrogen-bond donors (Lipinski definition) is 1. The summed E-state index contributed by atoms with van der Waals surface area (Å²) in [6, 6.07) is 8.09. The van der Waals surface area contributed by atoms with Crippen LogP contribution in [0.25, 0.3) is 0 Å². The molecule has 1 aromatic carbocycles. The summed E-state index contributed by atoms with van der Waals surface area (Å²) in [5.41, 5.74) is 2.45. The Kier molecular flexibility index (Phi) is 5.16. The van der Waals surface area contributed by atoms with Crippen LogP contribution in [0.15, 0.2) is 24.3 Å². The van der Waals surface area contributed by atoms with E-state index in [4.69, 9.17) is 0 Å². The number of amides is 1. The highest BCUT2D eigenvalue weighted by atomic mass is 16.5. The Morgan fingerprint density at radius 2 is 2.05 bits per heavy atom. The minimum absolute atomic E-state index is 0.0290. The lowest BCUT2D eigenvalue weighted by molar-refractivity contribution is -0.140. The van der Waals surface area contributed by atoms with Gasteiger partial charge in [-0.2, -0.15) is 0 Å². The lowest BCUT2D eigenvalue weighted by Gasteiger charge is -2.28. The van der Waals surface area contributed by atoms with Gasteiger partial charge < -0.3 is 10.1 Å². The SMILES string of the molecule is COC(=O)CCCCCNC(=O)C1Cc2ccccc21. The van der Waals surface area contributed by atoms with Crippen molar-refractivity contribution in [3.05, 3.63) is 35.4 Å². The van der Waals surface area contributed by atoms with Crippen LogP contribution < -0.4 is 5.32 Å². The van der Waals surface area contributed by atoms with E-state index < -0.39 is 0 Å². The van der Waals surface area contributed by atoms with Crippen molar-refractivity contribution in [3.8, 4) is 0 Å². The standard InChI is InChI=1S/C16H21NO3/c1-20-15(18)9-3-2-6-10-17-16(19)14-11-12-7-4-5-8-13(12)14/h4-5,7-8,14H,2-3,6,9-11H2,1H3,(H,17,19). The van der Waals surface area contributed by atoms with Crippen molar-refractivity contribution in [3.63, 3.8) is 0 Å². The molecule has 0 aliphatic heterocycles. The van der Waals surface area contributed by atoms with Gasteiger partial charge in [0, 0.05) is 13.0 Å². The first-order valence-electron chi connectivity index (χ1n) is 7.14. The van der Waals surface area contributed by atoms with Crippen LogP contribution in [0.2, 0.25) is 0 Å². The molecule has 1 aliphatic rings. The Bertz CT molecular complexity index is 484. The smallest absolute Gasteiger partial charge is 0.305 e. The van der Waals surface area contributed by atoms with Crippen molar-refractivity contribution >= 4 is 11.9 Å². The fourth-order valence-corrected chi connectivity index (χ4v) is 2.50. The normalized spacial score (nSPS) is 15.9. The number of methoxy groups -OCH3 is 1. The Hall–Kier alpha value is -1.84. The molecular weight excluding hydrogens is 254 g/mol. The van der Waals surface area contributed by atoms with Crippen LogP contribution in [0.1, 0.15) is 42.7 Å². The molecule has 0 fully saturated rings. The molecule has 1 atom stereocenters. The van der Waals surface area contributed by atoms with Gasteiger partial charge in [0.25, 0.3) is 0 Å². The van der Waals surface area contributed by atoms with Gasteiger partial charge in [0.05, 0.1) is 13.0 Å². The van der Waals surface area contributed by atoms with E-state index in [-0.39, 0.29) is 17.8 Å². The molecule has 0 saturated heterocycles. The topological polar surface area (TPSA) is 55.4 Å². The van der Waals surface area contributed by atoms with E-state index in [9.17, 15) is 9.59 Å². The molecule has 0 heterocycles. The molecule has 2 rings (SSSR count). The summed E-state index contributed by atoms with van der Waals surface area (Å²) in [4.78, 5) is 22.9. The minimum Gasteiger partial charge on any atom is -0.469 e. The van der Waals surface area contributed by atoms with Gasteiger partial charge in [0.1, 0.15) is 0 Å². The van der Waals surface area contributed by atoms with E-state index in [1.807, 2.05) is 18.2 Å². The van der Waals surface area contributed by atoms with Crippen LogP contribution in [-0.2, 0) is 20.7 Å². The number of esters is 1. The first-order chi connectivity index (χ1) is 9.72. The number of ether oxygens (including phenoxy) is 1. The number of carbonyl (C=O) groups excluding carboxylic acids is 2. The number of hydrogen-bond acceptors (Lipinski definition) is 3. The Morgan fingerprint density at radius 1 is 1.25 bits per heavy atom. The maximum atomic E-state index is 12.0. The van der Waals surface area contributed by atoms with Crippen molar-refractivity contribution in [1.82, 2.24) is 5.32 Å². The molecule has 0 radical (unpaired) electrons. The van der Waals surface area contributed by atoms with Crippen LogP contribution in [0.3, 0.4) is 0 Å². The Labute approximate surface area is 119 Å². The predicted molar refractivity (Wildman–Crippen MR) is 76.4 cm³/mol. The molecule has 108 valence electrons. The van der Waals surface area contributed by atoms with Crippen LogP contribution >= 0.6 is 0 Å². The number of rotatable bonds is 7. The predicted octanol–water partition coefficient (Wildman–Crippen LogP) is 2.18. The second-order valence-corrected chi connectivity index (χ2v) is 5.13. The fraction of sp³-hybridized carbons (Fsp3) is 0.500. The summed E-state index contributed by atoms with van der Waals surface area (Å²) >= 11 is 0. The van der Waals surface area contributed by atoms with E-state index in [1.54, 1.807) is 0 Å². The summed E-state index contributed by atoms with van der Waals surface area (Å²) in [6.45, 7) is 0.679. The number of nitrogens with one attached hydrogen (secondary N) is 1. The van der Waals surface area contributed by atoms with Crippen molar-refractivity contribution in [2.45, 2.75) is 38.0 Å². The Balaban J connectivity index is 1.59. The Morgan fingerprint density at radius 3 is 2.80 bits per heavy atom. The third-order valence-corrected chi connectivity index (χ3v) is 3.76. The number of carbonyl (C=O) groups is 2. The highest BCUT2D eigenvalue weighted by molar-refractivity contribution is 5.86. The largest absolute Gasteiger partial charge is 0.469 e. The lowest BCUT2D eigenvalue weighted by atomic mass is 9.77. The average molecular weight is 275 g/mol. The van der Waals surface area contributed by atoms with Gasteiger partial charge in [0.2, 0.25) is 5.91 Å². The highest BCUT2D eigenvalue weighted by Gasteiger charge is 2.31. The van der Waals surface area contributed by atoms with Crippen molar-refractivity contribution < 1.29 is 14.3 Å². The van der Waals surface area contributed by atoms with Crippen molar-refractivity contribution in [1.29, 1.82) is 0 Å². The van der Waals surface area contributed by atoms with Gasteiger partial charge in [0.15, 0.2) is 0 Å². The molecule has 0 aromatic heterocycles. The summed E-state index contributed by atoms with van der Waals surface area (Å²) in [6.07, 6.45) is 3.95. The molecule has 1 aromatic rings. The third kappa shape index (κ3) is 3.59. The molecular formula is C16H21NO3. The first kappa shape index (κ1) is 14.6. The second kappa shape index (κ2) is 7.08. The monoisotopic (exact) mass is 275 g/mol. The molecule has 1 aliphatic carbocycles. The number of fused-ring (bicyclic) bond motifs is 1. The zero-order valence-electron chi connectivity index (χ0n) is 11.9. The number of unbranched alkanes of at least 4 members (excludes halogenated alkanes) is 2. The molecule has 1 N–H and O–H groups in total. The van der Waals surface area contributed by atoms with Crippen molar-refractivity contribution in [2.24, 2.45) is 0 Å². The molecule has 0 saturated carbocycles. The maximum absolute atomic E-state index is 12.0. The van der Waals surface area contributed by atoms with E-state index in [0.29, 0.717) is 13.0 Å². The van der Waals surface area contributed by atoms with E-state index in [2.05, 4.69) is 16.1 Å². The van der Waals surface area contributed by atoms with E-state index >= 15 is 0 Å². The van der Waals surface area contributed by atoms with Crippen LogP contribution in [0.4, 0.5) is 0 Å². The fourth-order valence-electron chi connectivity index (χ4n) is 2.50. The minimum atomic E-state index is -0.167. The summed E-state index contributed by atoms with van der Waals surface area (Å²) in [5, 5.41) is 2.97. The number of benzene rings is 1. The maximum Gasteiger partial charge on any atom is 0.305 e. The van der Waals surface area contributed by atoms with E-state index in [0.717, 1.165) is 31.2 Å². The van der Waals surface area contributed by atoms with Gasteiger partial charge in [-0.3, -0.25) is 9.59 Å². The zero-order chi connectivity index (χ0) is 14.4. The van der Waals surface area contributed by atoms with Gasteiger partial charge >= 0.3 is 5.97 Å². The zero-order valence-corrected chi connectivity index (χ0v) is 11.9. The second-order valence-electron chi connectivity index (χ2n) is 5.13. The molecule has 20 heavy (non-hydrogen) atoms. The van der Waals surface area contributed by atoms with Gasteiger partial charge in [-0.15, -0.1) is 0 Å². The molecule has 0 spiro atoms. The lowest BCUT2D eigenvalue weighted by Crippen LogP contribution is -2.35. The van der Waals surface area contributed by atoms with E-state index in [1.165, 1.54) is 12.7 Å². The highest BCUT2D eigenvalue weighted by Crippen LogP contribution is 2.34.